The van der Waals surface area contributed by atoms with Crippen molar-refractivity contribution in [2.75, 3.05) is 46.9 Å². The van der Waals surface area contributed by atoms with Crippen LogP contribution in [0.5, 0.6) is 0 Å². The van der Waals surface area contributed by atoms with Crippen molar-refractivity contribution in [2.24, 2.45) is 0 Å². The lowest BCUT2D eigenvalue weighted by Gasteiger charge is -2.36. The molecule has 0 bridgehead atoms. The third kappa shape index (κ3) is 6.14. The van der Waals surface area contributed by atoms with Crippen molar-refractivity contribution in [3.8, 4) is 0 Å². The molecule has 108 valence electrons. The quantitative estimate of drug-likeness (QED) is 0.737. The van der Waals surface area contributed by atoms with E-state index in [1.165, 1.54) is 6.42 Å². The molecule has 1 aliphatic heterocycles. The maximum absolute atomic E-state index is 5.82. The first-order valence-corrected chi connectivity index (χ1v) is 7.22. The van der Waals surface area contributed by atoms with Gasteiger partial charge < -0.3 is 15.0 Å². The van der Waals surface area contributed by atoms with E-state index in [0.717, 1.165) is 32.8 Å². The van der Waals surface area contributed by atoms with Crippen LogP contribution in [0.15, 0.2) is 0 Å². The molecule has 1 saturated heterocycles. The molecule has 1 rings (SSSR count). The van der Waals surface area contributed by atoms with Gasteiger partial charge in [-0.05, 0) is 47.8 Å². The van der Waals surface area contributed by atoms with E-state index in [4.69, 9.17) is 4.74 Å². The van der Waals surface area contributed by atoms with E-state index >= 15 is 0 Å². The molecule has 0 radical (unpaired) electrons. The first-order chi connectivity index (χ1) is 8.49. The zero-order chi connectivity index (χ0) is 13.5. The molecular weight excluding hydrogens is 226 g/mol. The average molecular weight is 257 g/mol. The van der Waals surface area contributed by atoms with Gasteiger partial charge in [0.25, 0.3) is 0 Å². The first-order valence-electron chi connectivity index (χ1n) is 7.22. The maximum Gasteiger partial charge on any atom is 0.0826 e. The Hall–Kier alpha value is -0.160. The van der Waals surface area contributed by atoms with E-state index in [2.05, 4.69) is 50.0 Å². The summed E-state index contributed by atoms with van der Waals surface area (Å²) in [6.07, 6.45) is 1.54. The third-order valence-corrected chi connectivity index (χ3v) is 3.60. The summed E-state index contributed by atoms with van der Waals surface area (Å²) in [4.78, 5) is 4.73. The minimum absolute atomic E-state index is 0.350. The molecule has 0 saturated carbocycles. The molecule has 0 aliphatic carbocycles. The minimum atomic E-state index is 0.350. The zero-order valence-corrected chi connectivity index (χ0v) is 12.8. The second kappa shape index (κ2) is 8.10. The predicted octanol–water partition coefficient (Wildman–Crippen LogP) is 1.03. The van der Waals surface area contributed by atoms with Crippen molar-refractivity contribution in [1.82, 2.24) is 15.1 Å². The van der Waals surface area contributed by atoms with E-state index in [0.29, 0.717) is 18.2 Å². The van der Waals surface area contributed by atoms with Crippen LogP contribution in [0.2, 0.25) is 0 Å². The number of hydrogen-bond acceptors (Lipinski definition) is 4. The van der Waals surface area contributed by atoms with Gasteiger partial charge in [-0.25, -0.2) is 0 Å². The summed E-state index contributed by atoms with van der Waals surface area (Å²) in [5.74, 6) is 0. The van der Waals surface area contributed by atoms with Crippen LogP contribution in [0, 0.1) is 0 Å². The molecule has 1 N–H and O–H groups in total. The maximum atomic E-state index is 5.82. The molecule has 0 spiro atoms. The highest BCUT2D eigenvalue weighted by molar-refractivity contribution is 4.76. The molecule has 0 aromatic carbocycles. The van der Waals surface area contributed by atoms with Crippen LogP contribution in [0.3, 0.4) is 0 Å². The lowest BCUT2D eigenvalue weighted by atomic mass is 10.2. The molecule has 0 aromatic rings. The fourth-order valence-electron chi connectivity index (χ4n) is 2.22. The molecule has 1 heterocycles. The Kier molecular flexibility index (Phi) is 7.15. The van der Waals surface area contributed by atoms with Crippen molar-refractivity contribution in [2.45, 2.75) is 45.4 Å². The SMILES string of the molecule is CC(CCN(C)C)NCC1CN(C(C)C)CCO1. The van der Waals surface area contributed by atoms with Crippen molar-refractivity contribution in [3.63, 3.8) is 0 Å². The Morgan fingerprint density at radius 2 is 2.06 bits per heavy atom. The van der Waals surface area contributed by atoms with Crippen LogP contribution in [0.4, 0.5) is 0 Å². The summed E-state index contributed by atoms with van der Waals surface area (Å²) < 4.78 is 5.82. The van der Waals surface area contributed by atoms with Gasteiger partial charge >= 0.3 is 0 Å². The largest absolute Gasteiger partial charge is 0.374 e. The smallest absolute Gasteiger partial charge is 0.0826 e. The number of rotatable bonds is 7. The van der Waals surface area contributed by atoms with Crippen molar-refractivity contribution >= 4 is 0 Å². The molecule has 2 atom stereocenters. The Morgan fingerprint density at radius 3 is 2.67 bits per heavy atom. The fourth-order valence-corrected chi connectivity index (χ4v) is 2.22. The van der Waals surface area contributed by atoms with Crippen LogP contribution in [-0.2, 0) is 4.74 Å². The van der Waals surface area contributed by atoms with Crippen LogP contribution < -0.4 is 5.32 Å². The van der Waals surface area contributed by atoms with Gasteiger partial charge in [-0.1, -0.05) is 0 Å². The van der Waals surface area contributed by atoms with Gasteiger partial charge in [-0.15, -0.1) is 0 Å². The average Bonchev–Trinajstić information content (AvgIpc) is 2.34. The molecule has 0 aromatic heterocycles. The summed E-state index contributed by atoms with van der Waals surface area (Å²) in [6, 6.07) is 1.19. The normalized spacial score (nSPS) is 23.8. The number of hydrogen-bond donors (Lipinski definition) is 1. The summed E-state index contributed by atoms with van der Waals surface area (Å²) in [5.41, 5.74) is 0. The minimum Gasteiger partial charge on any atom is -0.374 e. The monoisotopic (exact) mass is 257 g/mol. The molecule has 4 heteroatoms. The highest BCUT2D eigenvalue weighted by Crippen LogP contribution is 2.08. The molecule has 4 nitrogen and oxygen atoms in total. The van der Waals surface area contributed by atoms with E-state index in [-0.39, 0.29) is 0 Å². The molecule has 0 amide bonds. The number of ether oxygens (including phenoxy) is 1. The molecular formula is C14H31N3O. The van der Waals surface area contributed by atoms with Gasteiger partial charge in [-0.3, -0.25) is 4.90 Å². The highest BCUT2D eigenvalue weighted by Gasteiger charge is 2.22. The zero-order valence-electron chi connectivity index (χ0n) is 12.8. The van der Waals surface area contributed by atoms with E-state index in [1.807, 2.05) is 0 Å². The second-order valence-corrected chi connectivity index (χ2v) is 5.98. The number of morpholine rings is 1. The van der Waals surface area contributed by atoms with E-state index < -0.39 is 0 Å². The Bertz CT molecular complexity index is 221. The topological polar surface area (TPSA) is 27.7 Å². The van der Waals surface area contributed by atoms with E-state index in [9.17, 15) is 0 Å². The Balaban J connectivity index is 2.18. The van der Waals surface area contributed by atoms with E-state index in [1.54, 1.807) is 0 Å². The Morgan fingerprint density at radius 1 is 1.33 bits per heavy atom. The molecule has 1 fully saturated rings. The molecule has 2 unspecified atom stereocenters. The highest BCUT2D eigenvalue weighted by atomic mass is 16.5. The van der Waals surface area contributed by atoms with Gasteiger partial charge in [0, 0.05) is 31.7 Å². The van der Waals surface area contributed by atoms with Crippen LogP contribution >= 0.6 is 0 Å². The number of nitrogens with one attached hydrogen (secondary N) is 1. The summed E-state index contributed by atoms with van der Waals surface area (Å²) in [6.45, 7) is 11.9. The predicted molar refractivity (Wildman–Crippen MR) is 77.1 cm³/mol. The third-order valence-electron chi connectivity index (χ3n) is 3.60. The molecule has 1 aliphatic rings. The van der Waals surface area contributed by atoms with Gasteiger partial charge in [0.05, 0.1) is 12.7 Å². The van der Waals surface area contributed by atoms with Gasteiger partial charge in [0.1, 0.15) is 0 Å². The van der Waals surface area contributed by atoms with Crippen LogP contribution in [0.1, 0.15) is 27.2 Å². The Labute approximate surface area is 113 Å². The lowest BCUT2D eigenvalue weighted by Crippen LogP contribution is -2.50. The standard InChI is InChI=1S/C14H31N3O/c1-12(2)17-8-9-18-14(11-17)10-15-13(3)6-7-16(4)5/h12-15H,6-11H2,1-5H3. The lowest BCUT2D eigenvalue weighted by molar-refractivity contribution is -0.0380. The van der Waals surface area contributed by atoms with Crippen LogP contribution in [-0.4, -0.2) is 74.9 Å². The van der Waals surface area contributed by atoms with Gasteiger partial charge in [-0.2, -0.15) is 0 Å². The fraction of sp³-hybridized carbons (Fsp3) is 1.00. The van der Waals surface area contributed by atoms with Crippen molar-refractivity contribution in [3.05, 3.63) is 0 Å². The number of nitrogens with zero attached hydrogens (tertiary/aromatic N) is 2. The molecule has 18 heavy (non-hydrogen) atoms. The van der Waals surface area contributed by atoms with Gasteiger partial charge in [0.15, 0.2) is 0 Å². The summed E-state index contributed by atoms with van der Waals surface area (Å²) >= 11 is 0. The summed E-state index contributed by atoms with van der Waals surface area (Å²) in [7, 11) is 4.25. The second-order valence-electron chi connectivity index (χ2n) is 5.98. The van der Waals surface area contributed by atoms with Gasteiger partial charge in [0.2, 0.25) is 0 Å². The van der Waals surface area contributed by atoms with Crippen molar-refractivity contribution < 1.29 is 4.74 Å². The summed E-state index contributed by atoms with van der Waals surface area (Å²) in [5, 5.41) is 3.59. The first kappa shape index (κ1) is 15.9. The van der Waals surface area contributed by atoms with Crippen LogP contribution in [0.25, 0.3) is 0 Å². The van der Waals surface area contributed by atoms with Crippen molar-refractivity contribution in [1.29, 1.82) is 0 Å².